The van der Waals surface area contributed by atoms with E-state index in [1.165, 1.54) is 12.5 Å². The molecule has 0 atom stereocenters. The Labute approximate surface area is 108 Å². The highest BCUT2D eigenvalue weighted by Gasteiger charge is 2.07. The largest absolute Gasteiger partial charge is 0.382 e. The van der Waals surface area contributed by atoms with E-state index in [9.17, 15) is 4.79 Å². The third-order valence-electron chi connectivity index (χ3n) is 2.95. The molecular formula is C11H13N7O. The fourth-order valence-electron chi connectivity index (χ4n) is 1.94. The SMILES string of the molecule is Cn1ncc2c(=O)n(CCn3ccc(N)n3)cnc21. The fourth-order valence-corrected chi connectivity index (χ4v) is 1.94. The third kappa shape index (κ3) is 1.96. The number of rotatable bonds is 3. The predicted octanol–water partition coefficient (Wildman–Crippen LogP) is -0.391. The van der Waals surface area contributed by atoms with E-state index in [0.717, 1.165) is 0 Å². The van der Waals surface area contributed by atoms with Gasteiger partial charge in [0.25, 0.3) is 5.56 Å². The molecule has 0 saturated heterocycles. The van der Waals surface area contributed by atoms with Gasteiger partial charge in [0.1, 0.15) is 17.5 Å². The number of nitrogens with two attached hydrogens (primary N) is 1. The first-order valence-corrected chi connectivity index (χ1v) is 5.81. The lowest BCUT2D eigenvalue weighted by Crippen LogP contribution is -2.23. The number of anilines is 1. The number of hydrogen-bond acceptors (Lipinski definition) is 5. The van der Waals surface area contributed by atoms with Crippen molar-refractivity contribution in [2.24, 2.45) is 7.05 Å². The van der Waals surface area contributed by atoms with Crippen LogP contribution in [0.1, 0.15) is 0 Å². The van der Waals surface area contributed by atoms with Gasteiger partial charge in [-0.2, -0.15) is 10.2 Å². The zero-order chi connectivity index (χ0) is 13.4. The second kappa shape index (κ2) is 4.23. The number of fused-ring (bicyclic) bond motifs is 1. The molecule has 3 aromatic rings. The average Bonchev–Trinajstić information content (AvgIpc) is 2.96. The minimum Gasteiger partial charge on any atom is -0.382 e. The van der Waals surface area contributed by atoms with Crippen molar-refractivity contribution < 1.29 is 0 Å². The molecule has 8 nitrogen and oxygen atoms in total. The van der Waals surface area contributed by atoms with Crippen LogP contribution in [0.25, 0.3) is 11.0 Å². The summed E-state index contributed by atoms with van der Waals surface area (Å²) in [5.41, 5.74) is 6.02. The van der Waals surface area contributed by atoms with Gasteiger partial charge in [0.2, 0.25) is 0 Å². The Hall–Kier alpha value is -2.64. The summed E-state index contributed by atoms with van der Waals surface area (Å²) >= 11 is 0. The minimum atomic E-state index is -0.0989. The molecule has 2 N–H and O–H groups in total. The molecule has 3 aromatic heterocycles. The first-order valence-electron chi connectivity index (χ1n) is 5.81. The number of hydrogen-bond donors (Lipinski definition) is 1. The summed E-state index contributed by atoms with van der Waals surface area (Å²) in [6.45, 7) is 1.04. The Balaban J connectivity index is 1.89. The summed E-state index contributed by atoms with van der Waals surface area (Å²) < 4.78 is 4.81. The molecule has 0 unspecified atom stereocenters. The number of aromatic nitrogens is 6. The van der Waals surface area contributed by atoms with Crippen molar-refractivity contribution >= 4 is 16.9 Å². The summed E-state index contributed by atoms with van der Waals surface area (Å²) in [7, 11) is 1.76. The van der Waals surface area contributed by atoms with Gasteiger partial charge in [-0.25, -0.2) is 4.98 Å². The Kier molecular flexibility index (Phi) is 2.55. The molecule has 0 aromatic carbocycles. The summed E-state index contributed by atoms with van der Waals surface area (Å²) in [6, 6.07) is 1.71. The van der Waals surface area contributed by atoms with E-state index in [-0.39, 0.29) is 5.56 Å². The van der Waals surface area contributed by atoms with E-state index in [1.807, 2.05) is 0 Å². The summed E-state index contributed by atoms with van der Waals surface area (Å²) in [4.78, 5) is 16.4. The molecule has 0 fully saturated rings. The molecule has 0 aliphatic heterocycles. The molecule has 0 saturated carbocycles. The molecule has 3 rings (SSSR count). The van der Waals surface area contributed by atoms with Gasteiger partial charge in [0, 0.05) is 19.8 Å². The Bertz CT molecular complexity index is 782. The second-order valence-corrected chi connectivity index (χ2v) is 4.25. The molecule has 0 amide bonds. The number of nitrogen functional groups attached to an aromatic ring is 1. The van der Waals surface area contributed by atoms with Crippen LogP contribution in [-0.2, 0) is 20.1 Å². The van der Waals surface area contributed by atoms with Gasteiger partial charge in [-0.05, 0) is 6.07 Å². The summed E-state index contributed by atoms with van der Waals surface area (Å²) in [6.07, 6.45) is 4.84. The Morgan fingerprint density at radius 1 is 1.37 bits per heavy atom. The Morgan fingerprint density at radius 3 is 2.95 bits per heavy atom. The van der Waals surface area contributed by atoms with Crippen LogP contribution >= 0.6 is 0 Å². The second-order valence-electron chi connectivity index (χ2n) is 4.25. The van der Waals surface area contributed by atoms with Crippen LogP contribution in [0.15, 0.2) is 29.6 Å². The van der Waals surface area contributed by atoms with Crippen molar-refractivity contribution in [3.63, 3.8) is 0 Å². The highest BCUT2D eigenvalue weighted by Crippen LogP contribution is 2.03. The van der Waals surface area contributed by atoms with E-state index < -0.39 is 0 Å². The number of nitrogens with zero attached hydrogens (tertiary/aromatic N) is 6. The minimum absolute atomic E-state index is 0.0989. The van der Waals surface area contributed by atoms with Crippen molar-refractivity contribution in [3.8, 4) is 0 Å². The molecule has 19 heavy (non-hydrogen) atoms. The van der Waals surface area contributed by atoms with E-state index in [2.05, 4.69) is 15.2 Å². The van der Waals surface area contributed by atoms with E-state index in [4.69, 9.17) is 5.73 Å². The molecule has 0 bridgehead atoms. The quantitative estimate of drug-likeness (QED) is 0.691. The first kappa shape index (κ1) is 11.5. The van der Waals surface area contributed by atoms with Gasteiger partial charge < -0.3 is 5.73 Å². The first-order chi connectivity index (χ1) is 9.15. The maximum atomic E-state index is 12.2. The van der Waals surface area contributed by atoms with Crippen LogP contribution in [0, 0.1) is 0 Å². The van der Waals surface area contributed by atoms with Crippen LogP contribution in [0.3, 0.4) is 0 Å². The smallest absolute Gasteiger partial charge is 0.264 e. The molecule has 8 heteroatoms. The Morgan fingerprint density at radius 2 is 2.21 bits per heavy atom. The topological polar surface area (TPSA) is 96.5 Å². The van der Waals surface area contributed by atoms with Crippen LogP contribution in [0.2, 0.25) is 0 Å². The van der Waals surface area contributed by atoms with Crippen molar-refractivity contribution in [1.29, 1.82) is 0 Å². The van der Waals surface area contributed by atoms with Gasteiger partial charge in [0.15, 0.2) is 5.65 Å². The van der Waals surface area contributed by atoms with E-state index >= 15 is 0 Å². The maximum absolute atomic E-state index is 12.2. The zero-order valence-corrected chi connectivity index (χ0v) is 10.4. The van der Waals surface area contributed by atoms with E-state index in [1.54, 1.807) is 33.2 Å². The summed E-state index contributed by atoms with van der Waals surface area (Å²) in [5, 5.41) is 8.61. The number of aryl methyl sites for hydroxylation is 3. The lowest BCUT2D eigenvalue weighted by atomic mass is 10.4. The van der Waals surface area contributed by atoms with Crippen molar-refractivity contribution in [3.05, 3.63) is 35.1 Å². The maximum Gasteiger partial charge on any atom is 0.264 e. The highest BCUT2D eigenvalue weighted by molar-refractivity contribution is 5.72. The molecule has 0 radical (unpaired) electrons. The van der Waals surface area contributed by atoms with Gasteiger partial charge >= 0.3 is 0 Å². The summed E-state index contributed by atoms with van der Waals surface area (Å²) in [5.74, 6) is 0.466. The average molecular weight is 259 g/mol. The van der Waals surface area contributed by atoms with Gasteiger partial charge in [-0.15, -0.1) is 0 Å². The zero-order valence-electron chi connectivity index (χ0n) is 10.4. The lowest BCUT2D eigenvalue weighted by Gasteiger charge is -2.05. The fraction of sp³-hybridized carbons (Fsp3) is 0.273. The lowest BCUT2D eigenvalue weighted by molar-refractivity contribution is 0.522. The van der Waals surface area contributed by atoms with Crippen LogP contribution < -0.4 is 11.3 Å². The molecule has 0 spiro atoms. The molecule has 98 valence electrons. The normalized spacial score (nSPS) is 11.2. The van der Waals surface area contributed by atoms with Crippen LogP contribution in [0.4, 0.5) is 5.82 Å². The van der Waals surface area contributed by atoms with Crippen molar-refractivity contribution in [2.45, 2.75) is 13.1 Å². The molecular weight excluding hydrogens is 246 g/mol. The van der Waals surface area contributed by atoms with E-state index in [0.29, 0.717) is 29.9 Å². The van der Waals surface area contributed by atoms with Gasteiger partial charge in [-0.1, -0.05) is 0 Å². The van der Waals surface area contributed by atoms with Crippen molar-refractivity contribution in [2.75, 3.05) is 5.73 Å². The highest BCUT2D eigenvalue weighted by atomic mass is 16.1. The van der Waals surface area contributed by atoms with Crippen LogP contribution in [0.5, 0.6) is 0 Å². The molecule has 3 heterocycles. The van der Waals surface area contributed by atoms with Crippen LogP contribution in [-0.4, -0.2) is 29.1 Å². The van der Waals surface area contributed by atoms with Gasteiger partial charge in [-0.3, -0.25) is 18.7 Å². The predicted molar refractivity (Wildman–Crippen MR) is 69.4 cm³/mol. The standard InChI is InChI=1S/C11H13N7O/c1-16-10-8(6-14-16)11(19)17(7-13-10)4-5-18-3-2-9(12)15-18/h2-3,6-7H,4-5H2,1H3,(H2,12,15). The molecule has 0 aliphatic rings. The van der Waals surface area contributed by atoms with Crippen molar-refractivity contribution in [1.82, 2.24) is 29.1 Å². The molecule has 0 aliphatic carbocycles. The monoisotopic (exact) mass is 259 g/mol. The van der Waals surface area contributed by atoms with Gasteiger partial charge in [0.05, 0.1) is 12.7 Å². The third-order valence-corrected chi connectivity index (χ3v) is 2.95.